The van der Waals surface area contributed by atoms with Gasteiger partial charge in [-0.1, -0.05) is 6.92 Å². The van der Waals surface area contributed by atoms with Crippen LogP contribution >= 0.6 is 0 Å². The predicted octanol–water partition coefficient (Wildman–Crippen LogP) is 2.49. The molecule has 2 saturated heterocycles. The van der Waals surface area contributed by atoms with Crippen LogP contribution in [-0.2, 0) is 4.79 Å². The molecule has 22 heavy (non-hydrogen) atoms. The van der Waals surface area contributed by atoms with E-state index in [0.717, 1.165) is 38.5 Å². The number of hydrogen-bond acceptors (Lipinski definition) is 3. The summed E-state index contributed by atoms with van der Waals surface area (Å²) in [6, 6.07) is 0.550. The van der Waals surface area contributed by atoms with Gasteiger partial charge in [-0.2, -0.15) is 0 Å². The van der Waals surface area contributed by atoms with E-state index in [9.17, 15) is 4.79 Å². The Kier molecular flexibility index (Phi) is 7.16. The molecule has 1 N–H and O–H groups in total. The van der Waals surface area contributed by atoms with Crippen molar-refractivity contribution in [2.24, 2.45) is 5.92 Å². The van der Waals surface area contributed by atoms with Crippen LogP contribution in [0, 0.1) is 5.92 Å². The molecule has 0 spiro atoms. The first kappa shape index (κ1) is 17.7. The van der Waals surface area contributed by atoms with Crippen molar-refractivity contribution in [2.75, 3.05) is 33.2 Å². The van der Waals surface area contributed by atoms with Gasteiger partial charge in [0.15, 0.2) is 0 Å². The quantitative estimate of drug-likeness (QED) is 0.819. The third-order valence-electron chi connectivity index (χ3n) is 5.74. The van der Waals surface area contributed by atoms with Gasteiger partial charge in [0.1, 0.15) is 0 Å². The van der Waals surface area contributed by atoms with E-state index < -0.39 is 0 Å². The van der Waals surface area contributed by atoms with Crippen molar-refractivity contribution in [3.05, 3.63) is 0 Å². The van der Waals surface area contributed by atoms with Gasteiger partial charge >= 0.3 is 0 Å². The zero-order chi connectivity index (χ0) is 15.9. The fourth-order valence-corrected chi connectivity index (χ4v) is 4.09. The molecule has 2 unspecified atom stereocenters. The number of hydrogen-bond donors (Lipinski definition) is 1. The van der Waals surface area contributed by atoms with Crippen LogP contribution in [0.2, 0.25) is 0 Å². The first-order valence-electron chi connectivity index (χ1n) is 9.36. The number of amides is 1. The number of nitrogens with zero attached hydrogens (tertiary/aromatic N) is 2. The summed E-state index contributed by atoms with van der Waals surface area (Å²) in [6.07, 6.45) is 8.53. The Morgan fingerprint density at radius 1 is 1.18 bits per heavy atom. The van der Waals surface area contributed by atoms with Gasteiger partial charge in [-0.3, -0.25) is 9.69 Å². The second-order valence-corrected chi connectivity index (χ2v) is 7.14. The lowest BCUT2D eigenvalue weighted by atomic mass is 9.92. The summed E-state index contributed by atoms with van der Waals surface area (Å²) in [5, 5.41) is 3.25. The molecule has 2 rings (SSSR count). The number of rotatable bonds is 6. The van der Waals surface area contributed by atoms with E-state index >= 15 is 0 Å². The Bertz CT molecular complexity index is 339. The van der Waals surface area contributed by atoms with Gasteiger partial charge in [0.25, 0.3) is 0 Å². The number of carbonyl (C=O) groups is 1. The first-order valence-corrected chi connectivity index (χ1v) is 9.36. The molecule has 0 radical (unpaired) electrons. The molecule has 0 aromatic carbocycles. The summed E-state index contributed by atoms with van der Waals surface area (Å²) in [6.45, 7) is 8.61. The van der Waals surface area contributed by atoms with Crippen LogP contribution in [0.3, 0.4) is 0 Å². The van der Waals surface area contributed by atoms with E-state index in [0.29, 0.717) is 11.9 Å². The van der Waals surface area contributed by atoms with E-state index in [1.807, 2.05) is 7.05 Å². The molecular weight excluding hydrogens is 274 g/mol. The Morgan fingerprint density at radius 3 is 2.55 bits per heavy atom. The Balaban J connectivity index is 1.83. The minimum atomic E-state index is 0.0670. The minimum Gasteiger partial charge on any atom is -0.338 e. The van der Waals surface area contributed by atoms with Gasteiger partial charge < -0.3 is 10.2 Å². The zero-order valence-electron chi connectivity index (χ0n) is 14.8. The highest BCUT2D eigenvalue weighted by molar-refractivity contribution is 5.82. The fraction of sp³-hybridized carbons (Fsp3) is 0.944. The Hall–Kier alpha value is -0.610. The molecule has 2 fully saturated rings. The van der Waals surface area contributed by atoms with Gasteiger partial charge in [0.2, 0.25) is 5.91 Å². The third-order valence-corrected chi connectivity index (χ3v) is 5.74. The standard InChI is InChI=1S/C18H35N3O/c1-4-17-7-5-6-12-21(17)18(22)15(2)20-13-9-16(10-14-20)8-11-19-3/h15-17,19H,4-14H2,1-3H3. The number of piperidine rings is 2. The average molecular weight is 309 g/mol. The maximum atomic E-state index is 12.9. The van der Waals surface area contributed by atoms with Crippen molar-refractivity contribution in [2.45, 2.75) is 70.9 Å². The minimum absolute atomic E-state index is 0.0670. The first-order chi connectivity index (χ1) is 10.7. The van der Waals surface area contributed by atoms with Crippen LogP contribution in [0.5, 0.6) is 0 Å². The predicted molar refractivity (Wildman–Crippen MR) is 91.9 cm³/mol. The fourth-order valence-electron chi connectivity index (χ4n) is 4.09. The van der Waals surface area contributed by atoms with Crippen molar-refractivity contribution < 1.29 is 4.79 Å². The van der Waals surface area contributed by atoms with Gasteiger partial charge in [-0.05, 0) is 84.5 Å². The highest BCUT2D eigenvalue weighted by Crippen LogP contribution is 2.25. The molecule has 0 aromatic rings. The van der Waals surface area contributed by atoms with Crippen molar-refractivity contribution in [3.63, 3.8) is 0 Å². The molecule has 0 bridgehead atoms. The molecule has 2 aliphatic rings. The second kappa shape index (κ2) is 8.88. The monoisotopic (exact) mass is 309 g/mol. The Morgan fingerprint density at radius 2 is 1.91 bits per heavy atom. The van der Waals surface area contributed by atoms with Gasteiger partial charge in [0.05, 0.1) is 6.04 Å². The summed E-state index contributed by atoms with van der Waals surface area (Å²) < 4.78 is 0. The van der Waals surface area contributed by atoms with Crippen LogP contribution in [-0.4, -0.2) is 61.0 Å². The third kappa shape index (κ3) is 4.45. The van der Waals surface area contributed by atoms with Crippen molar-refractivity contribution in [1.82, 2.24) is 15.1 Å². The number of nitrogens with one attached hydrogen (secondary N) is 1. The van der Waals surface area contributed by atoms with Crippen molar-refractivity contribution >= 4 is 5.91 Å². The molecule has 2 aliphatic heterocycles. The lowest BCUT2D eigenvalue weighted by molar-refractivity contribution is -0.140. The van der Waals surface area contributed by atoms with Crippen LogP contribution in [0.15, 0.2) is 0 Å². The van der Waals surface area contributed by atoms with Crippen molar-refractivity contribution in [3.8, 4) is 0 Å². The van der Waals surface area contributed by atoms with Crippen LogP contribution in [0.1, 0.15) is 58.8 Å². The average Bonchev–Trinajstić information content (AvgIpc) is 2.59. The normalized spacial score (nSPS) is 26.1. The lowest BCUT2D eigenvalue weighted by Crippen LogP contribution is -2.53. The van der Waals surface area contributed by atoms with Crippen LogP contribution in [0.25, 0.3) is 0 Å². The van der Waals surface area contributed by atoms with Crippen molar-refractivity contribution in [1.29, 1.82) is 0 Å². The van der Waals surface area contributed by atoms with E-state index in [1.54, 1.807) is 0 Å². The summed E-state index contributed by atoms with van der Waals surface area (Å²) in [5.74, 6) is 1.21. The molecule has 0 aromatic heterocycles. The molecule has 2 atom stereocenters. The molecule has 4 heteroatoms. The van der Waals surface area contributed by atoms with Crippen LogP contribution < -0.4 is 5.32 Å². The molecule has 2 heterocycles. The van der Waals surface area contributed by atoms with E-state index in [4.69, 9.17) is 0 Å². The summed E-state index contributed by atoms with van der Waals surface area (Å²) in [4.78, 5) is 17.5. The molecule has 4 nitrogen and oxygen atoms in total. The molecule has 0 saturated carbocycles. The van der Waals surface area contributed by atoms with Gasteiger partial charge in [0, 0.05) is 12.6 Å². The second-order valence-electron chi connectivity index (χ2n) is 7.14. The SMILES string of the molecule is CCC1CCCCN1C(=O)C(C)N1CCC(CCNC)CC1. The topological polar surface area (TPSA) is 35.6 Å². The number of likely N-dealkylation sites (tertiary alicyclic amines) is 2. The highest BCUT2D eigenvalue weighted by Gasteiger charge is 2.32. The van der Waals surface area contributed by atoms with Crippen LogP contribution in [0.4, 0.5) is 0 Å². The number of carbonyl (C=O) groups excluding carboxylic acids is 1. The highest BCUT2D eigenvalue weighted by atomic mass is 16.2. The molecule has 1 amide bonds. The lowest BCUT2D eigenvalue weighted by Gasteiger charge is -2.41. The largest absolute Gasteiger partial charge is 0.338 e. The summed E-state index contributed by atoms with van der Waals surface area (Å²) >= 11 is 0. The maximum absolute atomic E-state index is 12.9. The maximum Gasteiger partial charge on any atom is 0.239 e. The van der Waals surface area contributed by atoms with E-state index in [1.165, 1.54) is 38.5 Å². The smallest absolute Gasteiger partial charge is 0.239 e. The van der Waals surface area contributed by atoms with E-state index in [2.05, 4.69) is 29.0 Å². The summed E-state index contributed by atoms with van der Waals surface area (Å²) in [5.41, 5.74) is 0. The molecule has 128 valence electrons. The summed E-state index contributed by atoms with van der Waals surface area (Å²) in [7, 11) is 2.03. The zero-order valence-corrected chi connectivity index (χ0v) is 14.8. The van der Waals surface area contributed by atoms with Gasteiger partial charge in [-0.15, -0.1) is 0 Å². The molecule has 0 aliphatic carbocycles. The van der Waals surface area contributed by atoms with Gasteiger partial charge in [-0.25, -0.2) is 0 Å². The molecular formula is C18H35N3O. The van der Waals surface area contributed by atoms with E-state index in [-0.39, 0.29) is 6.04 Å². The Labute approximate surface area is 136 Å².